The minimum absolute atomic E-state index is 0.0522. The second-order valence-electron chi connectivity index (χ2n) is 3.13. The van der Waals surface area contributed by atoms with Crippen molar-refractivity contribution in [3.8, 4) is 0 Å². The van der Waals surface area contributed by atoms with Crippen LogP contribution in [0.25, 0.3) is 0 Å². The van der Waals surface area contributed by atoms with E-state index < -0.39 is 5.97 Å². The van der Waals surface area contributed by atoms with Gasteiger partial charge in [0.15, 0.2) is 0 Å². The smallest absolute Gasteiger partial charge is 0.354 e. The molecule has 0 heterocycles. The predicted molar refractivity (Wildman–Crippen MR) is 75.6 cm³/mol. The highest BCUT2D eigenvalue weighted by Gasteiger charge is 2.13. The van der Waals surface area contributed by atoms with Crippen LogP contribution in [-0.2, 0) is 9.53 Å². The number of carbonyl (C=O) groups excluding carboxylic acids is 2. The lowest BCUT2D eigenvalue weighted by Gasteiger charge is -2.07. The molecular weight excluding hydrogens is 242 g/mol. The Labute approximate surface area is 113 Å². The molecule has 4 nitrogen and oxygen atoms in total. The number of carbonyl (C=O) groups is 2. The number of esters is 1. The topological polar surface area (TPSA) is 55.4 Å². The number of hydrogen-bond donors (Lipinski definition) is 1. The van der Waals surface area contributed by atoms with Gasteiger partial charge in [-0.25, -0.2) is 4.79 Å². The monoisotopic (exact) mass is 261 g/mol. The average molecular weight is 261 g/mol. The third kappa shape index (κ3) is 5.68. The first-order valence-electron chi connectivity index (χ1n) is 5.96. The van der Waals surface area contributed by atoms with Crippen LogP contribution >= 0.6 is 0 Å². The van der Waals surface area contributed by atoms with Crippen molar-refractivity contribution in [3.63, 3.8) is 0 Å². The Morgan fingerprint density at radius 2 is 1.79 bits per heavy atom. The molecule has 0 unspecified atom stereocenters. The Morgan fingerprint density at radius 3 is 2.26 bits per heavy atom. The van der Waals surface area contributed by atoms with Gasteiger partial charge >= 0.3 is 5.97 Å². The van der Waals surface area contributed by atoms with Gasteiger partial charge in [0.05, 0.1) is 7.11 Å². The molecule has 0 radical (unpaired) electrons. The van der Waals surface area contributed by atoms with Crippen molar-refractivity contribution in [2.24, 2.45) is 0 Å². The van der Waals surface area contributed by atoms with E-state index in [1.165, 1.54) is 19.3 Å². The molecule has 102 valence electrons. The van der Waals surface area contributed by atoms with Gasteiger partial charge in [0.25, 0.3) is 5.91 Å². The Hall–Kier alpha value is -2.36. The number of rotatable bonds is 4. The molecule has 0 saturated carbocycles. The standard InChI is InChI=1S/C13H13NO3.C2H6/c1-3-7-11(13(16)17-2)14-12(15)10-8-5-4-6-9-10;1-2/h3-9H,1H2,2H3,(H,14,15);1-2H3/b11-7-;. The van der Waals surface area contributed by atoms with Gasteiger partial charge in [0.1, 0.15) is 5.70 Å². The zero-order valence-electron chi connectivity index (χ0n) is 11.5. The van der Waals surface area contributed by atoms with Crippen LogP contribution < -0.4 is 5.32 Å². The second kappa shape index (κ2) is 9.65. The van der Waals surface area contributed by atoms with Crippen LogP contribution in [0.2, 0.25) is 0 Å². The van der Waals surface area contributed by atoms with Crippen LogP contribution in [0.1, 0.15) is 24.2 Å². The van der Waals surface area contributed by atoms with Gasteiger partial charge in [0, 0.05) is 5.56 Å². The first-order chi connectivity index (χ1) is 9.19. The van der Waals surface area contributed by atoms with Gasteiger partial charge in [-0.3, -0.25) is 4.79 Å². The molecule has 0 bridgehead atoms. The highest BCUT2D eigenvalue weighted by atomic mass is 16.5. The number of methoxy groups -OCH3 is 1. The number of allylic oxidation sites excluding steroid dienone is 2. The summed E-state index contributed by atoms with van der Waals surface area (Å²) in [6.45, 7) is 7.46. The largest absolute Gasteiger partial charge is 0.464 e. The molecule has 1 aromatic rings. The van der Waals surface area contributed by atoms with Crippen LogP contribution in [0.3, 0.4) is 0 Å². The third-order valence-corrected chi connectivity index (χ3v) is 1.97. The van der Waals surface area contributed by atoms with Gasteiger partial charge in [0.2, 0.25) is 0 Å². The van der Waals surface area contributed by atoms with Crippen molar-refractivity contribution in [1.29, 1.82) is 0 Å². The van der Waals surface area contributed by atoms with Gasteiger partial charge in [-0.05, 0) is 18.2 Å². The van der Waals surface area contributed by atoms with Gasteiger partial charge in [-0.1, -0.05) is 44.7 Å². The summed E-state index contributed by atoms with van der Waals surface area (Å²) < 4.78 is 4.53. The van der Waals surface area contributed by atoms with Crippen molar-refractivity contribution in [2.75, 3.05) is 7.11 Å². The van der Waals surface area contributed by atoms with E-state index in [4.69, 9.17) is 0 Å². The lowest BCUT2D eigenvalue weighted by molar-refractivity contribution is -0.136. The Bertz CT molecular complexity index is 450. The van der Waals surface area contributed by atoms with Crippen LogP contribution in [0.5, 0.6) is 0 Å². The van der Waals surface area contributed by atoms with E-state index in [1.54, 1.807) is 30.3 Å². The number of amides is 1. The normalized spacial score (nSPS) is 9.74. The predicted octanol–water partition coefficient (Wildman–Crippen LogP) is 2.69. The molecule has 0 atom stereocenters. The van der Waals surface area contributed by atoms with Crippen LogP contribution in [0, 0.1) is 0 Å². The zero-order valence-corrected chi connectivity index (χ0v) is 11.5. The highest BCUT2D eigenvalue weighted by molar-refractivity contribution is 6.01. The lowest BCUT2D eigenvalue weighted by Crippen LogP contribution is -2.28. The Morgan fingerprint density at radius 1 is 1.21 bits per heavy atom. The maximum absolute atomic E-state index is 11.8. The Kier molecular flexibility index (Phi) is 8.45. The summed E-state index contributed by atoms with van der Waals surface area (Å²) in [5, 5.41) is 2.46. The van der Waals surface area contributed by atoms with Crippen molar-refractivity contribution in [1.82, 2.24) is 5.32 Å². The summed E-state index contributed by atoms with van der Waals surface area (Å²) in [5.74, 6) is -0.988. The van der Waals surface area contributed by atoms with E-state index in [0.717, 1.165) is 0 Å². The third-order valence-electron chi connectivity index (χ3n) is 1.97. The second-order valence-corrected chi connectivity index (χ2v) is 3.13. The zero-order chi connectivity index (χ0) is 14.7. The number of hydrogen-bond acceptors (Lipinski definition) is 3. The fourth-order valence-electron chi connectivity index (χ4n) is 1.17. The van der Waals surface area contributed by atoms with Crippen molar-refractivity contribution in [2.45, 2.75) is 13.8 Å². The molecule has 19 heavy (non-hydrogen) atoms. The molecular formula is C15H19NO3. The number of nitrogens with one attached hydrogen (secondary N) is 1. The van der Waals surface area contributed by atoms with Gasteiger partial charge in [-0.15, -0.1) is 0 Å². The molecule has 0 fully saturated rings. The quantitative estimate of drug-likeness (QED) is 0.515. The first-order valence-corrected chi connectivity index (χ1v) is 5.96. The molecule has 0 aliphatic rings. The lowest BCUT2D eigenvalue weighted by atomic mass is 10.2. The van der Waals surface area contributed by atoms with Crippen molar-refractivity contribution in [3.05, 3.63) is 60.3 Å². The van der Waals surface area contributed by atoms with Crippen LogP contribution in [-0.4, -0.2) is 19.0 Å². The van der Waals surface area contributed by atoms with Gasteiger partial charge < -0.3 is 10.1 Å². The number of benzene rings is 1. The molecule has 0 aromatic heterocycles. The fourth-order valence-corrected chi connectivity index (χ4v) is 1.17. The summed E-state index contributed by atoms with van der Waals surface area (Å²) >= 11 is 0. The summed E-state index contributed by atoms with van der Waals surface area (Å²) in [6, 6.07) is 8.59. The molecule has 0 saturated heterocycles. The molecule has 1 rings (SSSR count). The fraction of sp³-hybridized carbons (Fsp3) is 0.200. The highest BCUT2D eigenvalue weighted by Crippen LogP contribution is 2.01. The van der Waals surface area contributed by atoms with Crippen molar-refractivity contribution < 1.29 is 14.3 Å². The first kappa shape index (κ1) is 16.6. The molecule has 4 heteroatoms. The molecule has 0 spiro atoms. The summed E-state index contributed by atoms with van der Waals surface area (Å²) in [7, 11) is 1.24. The molecule has 1 N–H and O–H groups in total. The summed E-state index contributed by atoms with van der Waals surface area (Å²) in [5.41, 5.74) is 0.516. The van der Waals surface area contributed by atoms with Gasteiger partial charge in [-0.2, -0.15) is 0 Å². The number of ether oxygens (including phenoxy) is 1. The minimum Gasteiger partial charge on any atom is -0.464 e. The summed E-state index contributed by atoms with van der Waals surface area (Å²) in [6.07, 6.45) is 2.78. The Balaban J connectivity index is 0.00000154. The SMILES string of the molecule is C=C/C=C(\NC(=O)c1ccccc1)C(=O)OC.CC. The van der Waals surface area contributed by atoms with E-state index in [1.807, 2.05) is 13.8 Å². The maximum Gasteiger partial charge on any atom is 0.354 e. The minimum atomic E-state index is -0.616. The van der Waals surface area contributed by atoms with Crippen LogP contribution in [0.15, 0.2) is 54.8 Å². The summed E-state index contributed by atoms with van der Waals surface area (Å²) in [4.78, 5) is 23.1. The van der Waals surface area contributed by atoms with Crippen molar-refractivity contribution >= 4 is 11.9 Å². The molecule has 0 aliphatic carbocycles. The molecule has 1 amide bonds. The maximum atomic E-state index is 11.8. The van der Waals surface area contributed by atoms with E-state index >= 15 is 0 Å². The van der Waals surface area contributed by atoms with Crippen LogP contribution in [0.4, 0.5) is 0 Å². The molecule has 1 aromatic carbocycles. The van der Waals surface area contributed by atoms with E-state index in [9.17, 15) is 9.59 Å². The van der Waals surface area contributed by atoms with E-state index in [2.05, 4.69) is 16.6 Å². The van der Waals surface area contributed by atoms with E-state index in [0.29, 0.717) is 5.56 Å². The van der Waals surface area contributed by atoms with E-state index in [-0.39, 0.29) is 11.6 Å². The average Bonchev–Trinajstić information content (AvgIpc) is 2.48. The molecule has 0 aliphatic heterocycles.